The van der Waals surface area contributed by atoms with Crippen LogP contribution in [-0.2, 0) is 14.3 Å². The summed E-state index contributed by atoms with van der Waals surface area (Å²) >= 11 is 0. The summed E-state index contributed by atoms with van der Waals surface area (Å²) < 4.78 is 9.93. The van der Waals surface area contributed by atoms with Gasteiger partial charge in [-0.2, -0.15) is 0 Å². The highest BCUT2D eigenvalue weighted by atomic mass is 16.5. The molecule has 3 nitrogen and oxygen atoms in total. The summed E-state index contributed by atoms with van der Waals surface area (Å²) in [5.41, 5.74) is 0.990. The molecule has 0 aliphatic rings. The lowest BCUT2D eigenvalue weighted by atomic mass is 10.2. The third kappa shape index (κ3) is 16.1. The fourth-order valence-corrected chi connectivity index (χ4v) is 1.43. The predicted molar refractivity (Wildman–Crippen MR) is 99.3 cm³/mol. The maximum absolute atomic E-state index is 11.3. The van der Waals surface area contributed by atoms with E-state index >= 15 is 0 Å². The molecule has 0 unspecified atom stereocenters. The second-order valence-electron chi connectivity index (χ2n) is 4.37. The van der Waals surface area contributed by atoms with Crippen molar-refractivity contribution in [2.24, 2.45) is 0 Å². The minimum Gasteiger partial charge on any atom is -0.463 e. The molecule has 0 aliphatic carbocycles. The van der Waals surface area contributed by atoms with E-state index in [9.17, 15) is 4.79 Å². The first-order valence-electron chi connectivity index (χ1n) is 7.37. The Bertz CT molecular complexity index is 447. The summed E-state index contributed by atoms with van der Waals surface area (Å²) in [4.78, 5) is 11.3. The van der Waals surface area contributed by atoms with Gasteiger partial charge in [0.05, 0.1) is 6.61 Å². The van der Waals surface area contributed by atoms with Gasteiger partial charge in [0.1, 0.15) is 0 Å². The summed E-state index contributed by atoms with van der Waals surface area (Å²) in [6.07, 6.45) is 10.5. The van der Waals surface area contributed by atoms with Crippen molar-refractivity contribution in [3.05, 3.63) is 66.8 Å². The first-order chi connectivity index (χ1) is 10.7. The topological polar surface area (TPSA) is 35.5 Å². The highest BCUT2D eigenvalue weighted by Crippen LogP contribution is 2.01. The van der Waals surface area contributed by atoms with Gasteiger partial charge in [-0.25, -0.2) is 4.79 Å². The average Bonchev–Trinajstić information content (AvgIpc) is 2.55. The Morgan fingerprint density at radius 2 is 1.83 bits per heavy atom. The van der Waals surface area contributed by atoms with Crippen molar-refractivity contribution in [1.82, 2.24) is 0 Å². The molecule has 1 rings (SSSR count). The van der Waals surface area contributed by atoms with Crippen molar-refractivity contribution in [3.63, 3.8) is 0 Å². The molecule has 128 valence electrons. The van der Waals surface area contributed by atoms with Crippen molar-refractivity contribution in [1.29, 1.82) is 0 Å². The smallest absolute Gasteiger partial charge is 0.330 e. The number of unbranched alkanes of at least 4 members (excludes halogenated alkanes) is 1. The monoisotopic (exact) mass is 318 g/mol. The second kappa shape index (κ2) is 17.9. The highest BCUT2D eigenvalue weighted by molar-refractivity contribution is 5.86. The standard InChI is InChI=1S/C14H18O3.C5H8.CH4/c1-16-11-5-6-12-17-14(15)10-9-13-7-3-2-4-8-13;1-3-5-4-2;/h2-4,7-10H,5-6,11-12H2,1H3;3-5H,1H2,2H3;1H4/b10-9+;5-4-;. The Labute approximate surface area is 141 Å². The molecular formula is C20H30O3. The number of esters is 1. The van der Waals surface area contributed by atoms with Gasteiger partial charge in [-0.15, -0.1) is 0 Å². The van der Waals surface area contributed by atoms with Crippen LogP contribution in [0, 0.1) is 0 Å². The van der Waals surface area contributed by atoms with E-state index in [2.05, 4.69) is 6.58 Å². The molecule has 0 aromatic heterocycles. The lowest BCUT2D eigenvalue weighted by Crippen LogP contribution is -2.03. The average molecular weight is 318 g/mol. The van der Waals surface area contributed by atoms with E-state index in [1.54, 1.807) is 19.3 Å². The normalized spacial score (nSPS) is 9.83. The molecule has 0 saturated heterocycles. The van der Waals surface area contributed by atoms with Gasteiger partial charge >= 0.3 is 5.97 Å². The number of carbonyl (C=O) groups excluding carboxylic acids is 1. The molecule has 23 heavy (non-hydrogen) atoms. The SMILES string of the molecule is C.C=C/C=C\C.COCCCCOC(=O)/C=C/c1ccccc1. The fraction of sp³-hybridized carbons (Fsp3) is 0.350. The molecule has 0 saturated carbocycles. The molecule has 0 spiro atoms. The van der Waals surface area contributed by atoms with Crippen molar-refractivity contribution < 1.29 is 14.3 Å². The number of hydrogen-bond donors (Lipinski definition) is 0. The van der Waals surface area contributed by atoms with Gasteiger partial charge in [0.2, 0.25) is 0 Å². The van der Waals surface area contributed by atoms with E-state index in [1.807, 2.05) is 49.4 Å². The van der Waals surface area contributed by atoms with Crippen LogP contribution in [0.3, 0.4) is 0 Å². The highest BCUT2D eigenvalue weighted by Gasteiger charge is 1.96. The van der Waals surface area contributed by atoms with Crippen molar-refractivity contribution >= 4 is 12.0 Å². The largest absolute Gasteiger partial charge is 0.463 e. The van der Waals surface area contributed by atoms with E-state index in [1.165, 1.54) is 6.08 Å². The molecule has 0 bridgehead atoms. The number of hydrogen-bond acceptors (Lipinski definition) is 3. The molecule has 0 aliphatic heterocycles. The number of methoxy groups -OCH3 is 1. The number of carbonyl (C=O) groups is 1. The Morgan fingerprint density at radius 3 is 2.35 bits per heavy atom. The van der Waals surface area contributed by atoms with Crippen LogP contribution < -0.4 is 0 Å². The summed E-state index contributed by atoms with van der Waals surface area (Å²) in [7, 11) is 1.66. The summed E-state index contributed by atoms with van der Waals surface area (Å²) in [5, 5.41) is 0. The maximum Gasteiger partial charge on any atom is 0.330 e. The van der Waals surface area contributed by atoms with E-state index in [4.69, 9.17) is 9.47 Å². The quantitative estimate of drug-likeness (QED) is 0.291. The van der Waals surface area contributed by atoms with Gasteiger partial charge in [-0.1, -0.05) is 62.6 Å². The van der Waals surface area contributed by atoms with Crippen molar-refractivity contribution in [3.8, 4) is 0 Å². The van der Waals surface area contributed by atoms with Crippen LogP contribution in [0.25, 0.3) is 6.08 Å². The number of benzene rings is 1. The van der Waals surface area contributed by atoms with E-state index < -0.39 is 0 Å². The van der Waals surface area contributed by atoms with Crippen LogP contribution in [0.5, 0.6) is 0 Å². The van der Waals surface area contributed by atoms with Crippen molar-refractivity contribution in [2.45, 2.75) is 27.2 Å². The molecule has 3 heteroatoms. The first-order valence-corrected chi connectivity index (χ1v) is 7.37. The summed E-state index contributed by atoms with van der Waals surface area (Å²) in [5.74, 6) is -0.300. The lowest BCUT2D eigenvalue weighted by Gasteiger charge is -2.01. The molecule has 0 radical (unpaired) electrons. The van der Waals surface area contributed by atoms with Crippen LogP contribution in [0.4, 0.5) is 0 Å². The fourth-order valence-electron chi connectivity index (χ4n) is 1.43. The number of ether oxygens (including phenoxy) is 2. The molecule has 1 aromatic carbocycles. The molecule has 0 fully saturated rings. The Balaban J connectivity index is 0. The minimum atomic E-state index is -0.300. The van der Waals surface area contributed by atoms with Gasteiger partial charge in [0, 0.05) is 19.8 Å². The van der Waals surface area contributed by atoms with Crippen LogP contribution in [0.2, 0.25) is 0 Å². The van der Waals surface area contributed by atoms with E-state index in [0.717, 1.165) is 18.4 Å². The van der Waals surface area contributed by atoms with Crippen LogP contribution >= 0.6 is 0 Å². The van der Waals surface area contributed by atoms with Crippen LogP contribution in [0.15, 0.2) is 61.2 Å². The Hall–Kier alpha value is -2.13. The van der Waals surface area contributed by atoms with E-state index in [-0.39, 0.29) is 13.4 Å². The molecule has 1 aromatic rings. The summed E-state index contributed by atoms with van der Waals surface area (Å²) in [6.45, 7) is 6.58. The maximum atomic E-state index is 11.3. The number of allylic oxidation sites excluding steroid dienone is 3. The minimum absolute atomic E-state index is 0. The van der Waals surface area contributed by atoms with Gasteiger partial charge in [-0.3, -0.25) is 0 Å². The molecule has 0 atom stereocenters. The van der Waals surface area contributed by atoms with Crippen LogP contribution in [-0.4, -0.2) is 26.3 Å². The third-order valence-electron chi connectivity index (χ3n) is 2.53. The van der Waals surface area contributed by atoms with Crippen LogP contribution in [0.1, 0.15) is 32.8 Å². The molecule has 0 amide bonds. The van der Waals surface area contributed by atoms with E-state index in [0.29, 0.717) is 13.2 Å². The third-order valence-corrected chi connectivity index (χ3v) is 2.53. The number of rotatable bonds is 8. The molecule has 0 N–H and O–H groups in total. The van der Waals surface area contributed by atoms with Gasteiger partial charge in [0.25, 0.3) is 0 Å². The molecule has 0 heterocycles. The molecular weight excluding hydrogens is 288 g/mol. The predicted octanol–water partition coefficient (Wildman–Crippen LogP) is 5.05. The zero-order chi connectivity index (χ0) is 16.5. The van der Waals surface area contributed by atoms with Gasteiger partial charge < -0.3 is 9.47 Å². The Kier molecular flexibility index (Phi) is 18.0. The van der Waals surface area contributed by atoms with Gasteiger partial charge in [-0.05, 0) is 31.4 Å². The zero-order valence-electron chi connectivity index (χ0n) is 13.5. The first kappa shape index (κ1) is 23.1. The second-order valence-corrected chi connectivity index (χ2v) is 4.37. The Morgan fingerprint density at radius 1 is 1.17 bits per heavy atom. The summed E-state index contributed by atoms with van der Waals surface area (Å²) in [6, 6.07) is 9.65. The zero-order valence-corrected chi connectivity index (χ0v) is 13.5. The van der Waals surface area contributed by atoms with Crippen molar-refractivity contribution in [2.75, 3.05) is 20.3 Å². The lowest BCUT2D eigenvalue weighted by molar-refractivity contribution is -0.137. The van der Waals surface area contributed by atoms with Gasteiger partial charge in [0.15, 0.2) is 0 Å².